The van der Waals surface area contributed by atoms with Crippen LogP contribution in [-0.4, -0.2) is 13.0 Å². The molecule has 0 fully saturated rings. The molecule has 0 radical (unpaired) electrons. The molecule has 5 nitrogen and oxygen atoms in total. The molecule has 3 aromatic carbocycles. The molecule has 156 valence electrons. The largest absolute Gasteiger partial charge is 0.493 e. The molecule has 0 heterocycles. The van der Waals surface area contributed by atoms with Crippen LogP contribution in [0.4, 0.5) is 5.69 Å². The highest BCUT2D eigenvalue weighted by Gasteiger charge is 2.14. The Morgan fingerprint density at radius 2 is 1.81 bits per heavy atom. The number of rotatable bonds is 7. The van der Waals surface area contributed by atoms with Crippen LogP contribution in [0, 0.1) is 11.3 Å². The maximum absolute atomic E-state index is 12.6. The Balaban J connectivity index is 1.87. The summed E-state index contributed by atoms with van der Waals surface area (Å²) < 4.78 is 11.4. The van der Waals surface area contributed by atoms with E-state index in [4.69, 9.17) is 32.7 Å². The van der Waals surface area contributed by atoms with E-state index in [0.29, 0.717) is 32.8 Å². The first kappa shape index (κ1) is 22.2. The van der Waals surface area contributed by atoms with Crippen LogP contribution in [0.5, 0.6) is 11.5 Å². The van der Waals surface area contributed by atoms with Crippen LogP contribution in [0.1, 0.15) is 11.1 Å². The number of hydrogen-bond acceptors (Lipinski definition) is 4. The van der Waals surface area contributed by atoms with Gasteiger partial charge in [-0.15, -0.1) is 0 Å². The van der Waals surface area contributed by atoms with E-state index in [1.54, 1.807) is 54.6 Å². The molecule has 31 heavy (non-hydrogen) atoms. The smallest absolute Gasteiger partial charge is 0.266 e. The number of nitriles is 1. The van der Waals surface area contributed by atoms with Gasteiger partial charge in [0.05, 0.1) is 7.11 Å². The molecule has 0 saturated carbocycles. The number of benzene rings is 3. The summed E-state index contributed by atoms with van der Waals surface area (Å²) >= 11 is 11.9. The first-order valence-corrected chi connectivity index (χ1v) is 9.98. The summed E-state index contributed by atoms with van der Waals surface area (Å²) in [6, 6.07) is 21.1. The van der Waals surface area contributed by atoms with Crippen molar-refractivity contribution in [1.29, 1.82) is 5.26 Å². The number of nitrogens with zero attached hydrogens (tertiary/aromatic N) is 1. The molecule has 0 aliphatic carbocycles. The predicted molar refractivity (Wildman–Crippen MR) is 122 cm³/mol. The number of nitrogens with one attached hydrogen (secondary N) is 1. The quantitative estimate of drug-likeness (QED) is 0.345. The third-order valence-corrected chi connectivity index (χ3v) is 4.76. The normalized spacial score (nSPS) is 10.8. The summed E-state index contributed by atoms with van der Waals surface area (Å²) in [5.41, 5.74) is 1.84. The molecule has 3 rings (SSSR count). The van der Waals surface area contributed by atoms with Crippen LogP contribution in [0.2, 0.25) is 10.0 Å². The van der Waals surface area contributed by atoms with Crippen molar-refractivity contribution < 1.29 is 14.3 Å². The van der Waals surface area contributed by atoms with E-state index in [1.807, 2.05) is 18.2 Å². The number of carbonyl (C=O) groups is 1. The van der Waals surface area contributed by atoms with Crippen LogP contribution in [0.25, 0.3) is 6.08 Å². The van der Waals surface area contributed by atoms with Gasteiger partial charge in [-0.25, -0.2) is 0 Å². The summed E-state index contributed by atoms with van der Waals surface area (Å²) in [7, 11) is 1.52. The molecule has 0 atom stereocenters. The van der Waals surface area contributed by atoms with Crippen molar-refractivity contribution in [3.8, 4) is 17.6 Å². The Labute approximate surface area is 190 Å². The summed E-state index contributed by atoms with van der Waals surface area (Å²) in [4.78, 5) is 12.6. The van der Waals surface area contributed by atoms with Crippen molar-refractivity contribution in [2.75, 3.05) is 12.4 Å². The molecule has 1 N–H and O–H groups in total. The standard InChI is InChI=1S/C24H18Cl2N2O3/c1-30-22-7-3-5-17(23(22)31-15-16-4-2-6-20(26)12-16)13-18(14-27)24(29)28-21-10-8-19(25)9-11-21/h2-13H,15H2,1H3,(H,28,29)/b18-13+. The summed E-state index contributed by atoms with van der Waals surface area (Å²) in [6.07, 6.45) is 1.46. The number of methoxy groups -OCH3 is 1. The van der Waals surface area contributed by atoms with Crippen molar-refractivity contribution in [1.82, 2.24) is 0 Å². The number of hydrogen-bond donors (Lipinski definition) is 1. The highest BCUT2D eigenvalue weighted by molar-refractivity contribution is 6.31. The molecule has 0 aliphatic heterocycles. The summed E-state index contributed by atoms with van der Waals surface area (Å²) in [5.74, 6) is 0.344. The van der Waals surface area contributed by atoms with Crippen LogP contribution >= 0.6 is 23.2 Å². The van der Waals surface area contributed by atoms with Crippen LogP contribution in [0.15, 0.2) is 72.3 Å². The van der Waals surface area contributed by atoms with Gasteiger partial charge < -0.3 is 14.8 Å². The van der Waals surface area contributed by atoms with Gasteiger partial charge in [0.25, 0.3) is 5.91 Å². The molecule has 0 aromatic heterocycles. The summed E-state index contributed by atoms with van der Waals surface area (Å²) in [6.45, 7) is 0.237. The van der Waals surface area contributed by atoms with E-state index in [9.17, 15) is 10.1 Å². The van der Waals surface area contributed by atoms with Gasteiger partial charge in [-0.2, -0.15) is 5.26 Å². The molecule has 0 unspecified atom stereocenters. The van der Waals surface area contributed by atoms with Crippen molar-refractivity contribution >= 4 is 40.9 Å². The van der Waals surface area contributed by atoms with Gasteiger partial charge in [0.15, 0.2) is 11.5 Å². The van der Waals surface area contributed by atoms with Gasteiger partial charge in [0, 0.05) is 21.3 Å². The second-order valence-electron chi connectivity index (χ2n) is 6.43. The maximum Gasteiger partial charge on any atom is 0.266 e. The van der Waals surface area contributed by atoms with Gasteiger partial charge in [-0.1, -0.05) is 47.5 Å². The Hall–Kier alpha value is -3.46. The zero-order valence-electron chi connectivity index (χ0n) is 16.6. The number of carbonyl (C=O) groups excluding carboxylic acids is 1. The molecule has 7 heteroatoms. The lowest BCUT2D eigenvalue weighted by Crippen LogP contribution is -2.13. The Kier molecular flexibility index (Phi) is 7.55. The topological polar surface area (TPSA) is 71.3 Å². The molecular weight excluding hydrogens is 435 g/mol. The zero-order valence-corrected chi connectivity index (χ0v) is 18.1. The van der Waals surface area contributed by atoms with Crippen molar-refractivity contribution in [2.45, 2.75) is 6.61 Å². The van der Waals surface area contributed by atoms with E-state index in [2.05, 4.69) is 5.32 Å². The first-order valence-electron chi connectivity index (χ1n) is 9.23. The number of para-hydroxylation sites is 1. The number of anilines is 1. The molecule has 0 spiro atoms. The third kappa shape index (κ3) is 6.02. The van der Waals surface area contributed by atoms with Crippen LogP contribution in [0.3, 0.4) is 0 Å². The fraction of sp³-hybridized carbons (Fsp3) is 0.0833. The monoisotopic (exact) mass is 452 g/mol. The van der Waals surface area contributed by atoms with E-state index in [-0.39, 0.29) is 12.2 Å². The lowest BCUT2D eigenvalue weighted by Gasteiger charge is -2.14. The van der Waals surface area contributed by atoms with Crippen LogP contribution < -0.4 is 14.8 Å². The van der Waals surface area contributed by atoms with E-state index >= 15 is 0 Å². The predicted octanol–water partition coefficient (Wildman–Crippen LogP) is 6.13. The second-order valence-corrected chi connectivity index (χ2v) is 7.30. The Bertz CT molecular complexity index is 1150. The number of halogens is 2. The molecule has 3 aromatic rings. The summed E-state index contributed by atoms with van der Waals surface area (Å²) in [5, 5.41) is 13.4. The fourth-order valence-corrected chi connectivity index (χ4v) is 3.12. The SMILES string of the molecule is COc1cccc(/C=C(\C#N)C(=O)Nc2ccc(Cl)cc2)c1OCc1cccc(Cl)c1. The lowest BCUT2D eigenvalue weighted by atomic mass is 10.1. The molecule has 0 bridgehead atoms. The molecular formula is C24H18Cl2N2O3. The minimum atomic E-state index is -0.548. The Morgan fingerprint density at radius 1 is 1.06 bits per heavy atom. The number of amides is 1. The Morgan fingerprint density at radius 3 is 2.48 bits per heavy atom. The highest BCUT2D eigenvalue weighted by atomic mass is 35.5. The second kappa shape index (κ2) is 10.5. The maximum atomic E-state index is 12.6. The average Bonchev–Trinajstić information content (AvgIpc) is 2.77. The number of ether oxygens (including phenoxy) is 2. The minimum absolute atomic E-state index is 0.0872. The average molecular weight is 453 g/mol. The van der Waals surface area contributed by atoms with E-state index in [1.165, 1.54) is 13.2 Å². The van der Waals surface area contributed by atoms with Gasteiger partial charge >= 0.3 is 0 Å². The van der Waals surface area contributed by atoms with Crippen molar-refractivity contribution in [3.05, 3.63) is 93.5 Å². The molecule has 1 amide bonds. The van der Waals surface area contributed by atoms with Crippen molar-refractivity contribution in [3.63, 3.8) is 0 Å². The minimum Gasteiger partial charge on any atom is -0.493 e. The molecule has 0 saturated heterocycles. The highest BCUT2D eigenvalue weighted by Crippen LogP contribution is 2.33. The lowest BCUT2D eigenvalue weighted by molar-refractivity contribution is -0.112. The molecule has 0 aliphatic rings. The first-order chi connectivity index (χ1) is 15.0. The third-order valence-electron chi connectivity index (χ3n) is 4.27. The van der Waals surface area contributed by atoms with E-state index < -0.39 is 5.91 Å². The van der Waals surface area contributed by atoms with Crippen molar-refractivity contribution in [2.24, 2.45) is 0 Å². The van der Waals surface area contributed by atoms with E-state index in [0.717, 1.165) is 5.56 Å². The van der Waals surface area contributed by atoms with Gasteiger partial charge in [0.2, 0.25) is 0 Å². The van der Waals surface area contributed by atoms with Gasteiger partial charge in [-0.3, -0.25) is 4.79 Å². The zero-order chi connectivity index (χ0) is 22.2. The van der Waals surface area contributed by atoms with Gasteiger partial charge in [-0.05, 0) is 54.1 Å². The van der Waals surface area contributed by atoms with Crippen LogP contribution in [-0.2, 0) is 11.4 Å². The van der Waals surface area contributed by atoms with Gasteiger partial charge in [0.1, 0.15) is 18.2 Å². The fourth-order valence-electron chi connectivity index (χ4n) is 2.78.